The molecule has 0 aliphatic heterocycles. The Labute approximate surface area is 167 Å². The third-order valence-electron chi connectivity index (χ3n) is 4.46. The summed E-state index contributed by atoms with van der Waals surface area (Å²) in [5.74, 6) is 1.91. The molecule has 150 valence electrons. The van der Waals surface area contributed by atoms with Crippen molar-refractivity contribution in [2.24, 2.45) is 10.9 Å². The van der Waals surface area contributed by atoms with E-state index < -0.39 is 0 Å². The van der Waals surface area contributed by atoms with E-state index in [1.165, 1.54) is 6.42 Å². The number of benzene rings is 1. The fourth-order valence-corrected chi connectivity index (χ4v) is 2.94. The molecule has 0 fully saturated rings. The van der Waals surface area contributed by atoms with Gasteiger partial charge in [0, 0.05) is 20.1 Å². The molecular formula is C21H31N7. The minimum Gasteiger partial charge on any atom is -0.382 e. The molecule has 0 amide bonds. The molecule has 0 saturated heterocycles. The van der Waals surface area contributed by atoms with Crippen molar-refractivity contribution < 1.29 is 0 Å². The molecule has 1 heterocycles. The SMILES string of the molecule is CN=C(NCCCc1nn(-c2ccccc2)c(N)c1C#N)NCCCC(C)C. The maximum absolute atomic E-state index is 9.47. The van der Waals surface area contributed by atoms with Crippen molar-refractivity contribution in [3.05, 3.63) is 41.6 Å². The molecule has 0 saturated carbocycles. The zero-order valence-corrected chi connectivity index (χ0v) is 17.1. The number of aryl methyl sites for hydroxylation is 1. The topological polar surface area (TPSA) is 104 Å². The first-order chi connectivity index (χ1) is 13.6. The van der Waals surface area contributed by atoms with Crippen molar-refractivity contribution in [1.82, 2.24) is 20.4 Å². The van der Waals surface area contributed by atoms with Gasteiger partial charge in [0.15, 0.2) is 5.96 Å². The fraction of sp³-hybridized carbons (Fsp3) is 0.476. The molecule has 0 spiro atoms. The van der Waals surface area contributed by atoms with Crippen LogP contribution in [-0.2, 0) is 6.42 Å². The highest BCUT2D eigenvalue weighted by Crippen LogP contribution is 2.21. The number of nitrogen functional groups attached to an aromatic ring is 1. The van der Waals surface area contributed by atoms with Gasteiger partial charge in [-0.2, -0.15) is 10.4 Å². The predicted octanol–water partition coefficient (Wildman–Crippen LogP) is 2.86. The molecule has 1 aromatic carbocycles. The largest absolute Gasteiger partial charge is 0.382 e. The van der Waals surface area contributed by atoms with E-state index in [-0.39, 0.29) is 0 Å². The highest BCUT2D eigenvalue weighted by atomic mass is 15.3. The number of hydrogen-bond acceptors (Lipinski definition) is 4. The van der Waals surface area contributed by atoms with Gasteiger partial charge in [0.05, 0.1) is 11.4 Å². The Kier molecular flexibility index (Phi) is 8.35. The number of nitrogens with two attached hydrogens (primary N) is 1. The summed E-state index contributed by atoms with van der Waals surface area (Å²) in [5, 5.41) is 20.7. The summed E-state index contributed by atoms with van der Waals surface area (Å²) in [6.45, 7) is 6.12. The number of hydrogen-bond donors (Lipinski definition) is 3. The summed E-state index contributed by atoms with van der Waals surface area (Å²) in [6, 6.07) is 11.8. The van der Waals surface area contributed by atoms with Crippen LogP contribution in [0.2, 0.25) is 0 Å². The Morgan fingerprint density at radius 1 is 1.21 bits per heavy atom. The summed E-state index contributed by atoms with van der Waals surface area (Å²) >= 11 is 0. The van der Waals surface area contributed by atoms with E-state index in [2.05, 4.69) is 40.6 Å². The number of aliphatic imine (C=N–C) groups is 1. The summed E-state index contributed by atoms with van der Waals surface area (Å²) in [4.78, 5) is 4.24. The van der Waals surface area contributed by atoms with Crippen LogP contribution >= 0.6 is 0 Å². The Balaban J connectivity index is 1.87. The lowest BCUT2D eigenvalue weighted by atomic mass is 10.1. The molecule has 28 heavy (non-hydrogen) atoms. The molecule has 0 aliphatic rings. The minimum absolute atomic E-state index is 0.388. The van der Waals surface area contributed by atoms with Crippen LogP contribution in [0.3, 0.4) is 0 Å². The van der Waals surface area contributed by atoms with Crippen LogP contribution in [0.25, 0.3) is 5.69 Å². The van der Waals surface area contributed by atoms with Crippen LogP contribution in [0.1, 0.15) is 44.4 Å². The maximum Gasteiger partial charge on any atom is 0.190 e. The summed E-state index contributed by atoms with van der Waals surface area (Å²) in [6.07, 6.45) is 3.82. The Hall–Kier alpha value is -3.01. The molecule has 4 N–H and O–H groups in total. The lowest BCUT2D eigenvalue weighted by molar-refractivity contribution is 0.549. The number of aromatic nitrogens is 2. The Morgan fingerprint density at radius 2 is 1.89 bits per heavy atom. The summed E-state index contributed by atoms with van der Waals surface area (Å²) < 4.78 is 1.64. The maximum atomic E-state index is 9.47. The molecular weight excluding hydrogens is 350 g/mol. The van der Waals surface area contributed by atoms with E-state index in [4.69, 9.17) is 5.73 Å². The minimum atomic E-state index is 0.388. The van der Waals surface area contributed by atoms with E-state index in [1.807, 2.05) is 30.3 Å². The Bertz CT molecular complexity index is 800. The first-order valence-corrected chi connectivity index (χ1v) is 9.84. The highest BCUT2D eigenvalue weighted by molar-refractivity contribution is 5.79. The number of nitrogens with zero attached hydrogens (tertiary/aromatic N) is 4. The van der Waals surface area contributed by atoms with Crippen molar-refractivity contribution >= 4 is 11.8 Å². The van der Waals surface area contributed by atoms with Gasteiger partial charge in [-0.3, -0.25) is 4.99 Å². The summed E-state index contributed by atoms with van der Waals surface area (Å²) in [5.41, 5.74) is 8.18. The van der Waals surface area contributed by atoms with Gasteiger partial charge in [-0.25, -0.2) is 4.68 Å². The van der Waals surface area contributed by atoms with Gasteiger partial charge in [-0.05, 0) is 43.7 Å². The highest BCUT2D eigenvalue weighted by Gasteiger charge is 2.16. The molecule has 1 aromatic heterocycles. The third kappa shape index (κ3) is 6.02. The van der Waals surface area contributed by atoms with Gasteiger partial charge in [0.25, 0.3) is 0 Å². The number of anilines is 1. The molecule has 0 unspecified atom stereocenters. The first-order valence-electron chi connectivity index (χ1n) is 9.84. The lowest BCUT2D eigenvalue weighted by Gasteiger charge is -2.12. The molecule has 2 aromatic rings. The van der Waals surface area contributed by atoms with Gasteiger partial charge in [-0.1, -0.05) is 32.0 Å². The molecule has 0 aliphatic carbocycles. The number of rotatable bonds is 9. The second-order valence-corrected chi connectivity index (χ2v) is 7.13. The molecule has 7 nitrogen and oxygen atoms in total. The van der Waals surface area contributed by atoms with Crippen LogP contribution in [0.15, 0.2) is 35.3 Å². The van der Waals surface area contributed by atoms with Gasteiger partial charge >= 0.3 is 0 Å². The van der Waals surface area contributed by atoms with Crippen LogP contribution < -0.4 is 16.4 Å². The molecule has 2 rings (SSSR count). The molecule has 0 bridgehead atoms. The average Bonchev–Trinajstić information content (AvgIpc) is 3.02. The smallest absolute Gasteiger partial charge is 0.190 e. The second-order valence-electron chi connectivity index (χ2n) is 7.13. The Morgan fingerprint density at radius 3 is 2.50 bits per heavy atom. The van der Waals surface area contributed by atoms with Gasteiger partial charge in [0.2, 0.25) is 0 Å². The number of guanidine groups is 1. The molecule has 0 radical (unpaired) electrons. The van der Waals surface area contributed by atoms with Crippen LogP contribution in [0, 0.1) is 17.2 Å². The van der Waals surface area contributed by atoms with Crippen molar-refractivity contribution in [3.8, 4) is 11.8 Å². The van der Waals surface area contributed by atoms with E-state index in [0.29, 0.717) is 23.7 Å². The van der Waals surface area contributed by atoms with E-state index in [1.54, 1.807) is 11.7 Å². The summed E-state index contributed by atoms with van der Waals surface area (Å²) in [7, 11) is 1.77. The zero-order valence-electron chi connectivity index (χ0n) is 17.1. The second kappa shape index (κ2) is 11.0. The zero-order chi connectivity index (χ0) is 20.4. The van der Waals surface area contributed by atoms with Crippen molar-refractivity contribution in [3.63, 3.8) is 0 Å². The third-order valence-corrected chi connectivity index (χ3v) is 4.46. The predicted molar refractivity (Wildman–Crippen MR) is 114 cm³/mol. The number of nitrogens with one attached hydrogen (secondary N) is 2. The standard InChI is InChI=1S/C21H31N7/c1-16(2)9-7-13-25-21(24-3)26-14-8-12-19-18(15-22)20(23)28(27-19)17-10-5-4-6-11-17/h4-6,10-11,16H,7-9,12-14,23H2,1-3H3,(H2,24,25,26). The normalized spacial score (nSPS) is 11.5. The first kappa shape index (κ1) is 21.3. The average molecular weight is 382 g/mol. The van der Waals surface area contributed by atoms with Crippen molar-refractivity contribution in [2.75, 3.05) is 25.9 Å². The number of para-hydroxylation sites is 1. The van der Waals surface area contributed by atoms with Crippen LogP contribution in [-0.4, -0.2) is 35.9 Å². The number of nitriles is 1. The fourth-order valence-electron chi connectivity index (χ4n) is 2.94. The van der Waals surface area contributed by atoms with Gasteiger partial charge in [-0.15, -0.1) is 0 Å². The van der Waals surface area contributed by atoms with E-state index in [9.17, 15) is 5.26 Å². The van der Waals surface area contributed by atoms with Gasteiger partial charge < -0.3 is 16.4 Å². The molecule has 0 atom stereocenters. The monoisotopic (exact) mass is 381 g/mol. The van der Waals surface area contributed by atoms with E-state index in [0.717, 1.165) is 43.3 Å². The van der Waals surface area contributed by atoms with Crippen molar-refractivity contribution in [1.29, 1.82) is 5.26 Å². The van der Waals surface area contributed by atoms with Crippen molar-refractivity contribution in [2.45, 2.75) is 39.5 Å². The van der Waals surface area contributed by atoms with Crippen LogP contribution in [0.5, 0.6) is 0 Å². The lowest BCUT2D eigenvalue weighted by Crippen LogP contribution is -2.38. The van der Waals surface area contributed by atoms with E-state index >= 15 is 0 Å². The molecule has 7 heteroatoms. The quantitative estimate of drug-likeness (QED) is 0.352. The van der Waals surface area contributed by atoms with Gasteiger partial charge in [0.1, 0.15) is 17.5 Å². The van der Waals surface area contributed by atoms with Crippen LogP contribution in [0.4, 0.5) is 5.82 Å².